The Morgan fingerprint density at radius 2 is 1.88 bits per heavy atom. The summed E-state index contributed by atoms with van der Waals surface area (Å²) in [5.74, 6) is -2.61. The molecule has 0 bridgehead atoms. The molecule has 10 heteroatoms. The van der Waals surface area contributed by atoms with Gasteiger partial charge in [0.2, 0.25) is 0 Å². The van der Waals surface area contributed by atoms with Crippen LogP contribution in [0.25, 0.3) is 5.70 Å². The van der Waals surface area contributed by atoms with E-state index < -0.39 is 23.6 Å². The van der Waals surface area contributed by atoms with Crippen LogP contribution >= 0.6 is 11.6 Å². The molecular weight excluding hydrogens is 447 g/mol. The molecule has 0 aromatic heterocycles. The van der Waals surface area contributed by atoms with E-state index >= 15 is 0 Å². The van der Waals surface area contributed by atoms with Crippen molar-refractivity contribution in [2.24, 2.45) is 10.7 Å². The Morgan fingerprint density at radius 1 is 1.22 bits per heavy atom. The predicted molar refractivity (Wildman–Crippen MR) is 117 cm³/mol. The molecule has 2 N–H and O–H groups in total. The number of alkyl halides is 3. The van der Waals surface area contributed by atoms with E-state index in [2.05, 4.69) is 11.6 Å². The Morgan fingerprint density at radius 3 is 2.44 bits per heavy atom. The maximum Gasteiger partial charge on any atom is 0.416 e. The van der Waals surface area contributed by atoms with Gasteiger partial charge in [0, 0.05) is 16.9 Å². The molecule has 32 heavy (non-hydrogen) atoms. The first-order chi connectivity index (χ1) is 15.0. The number of esters is 1. The van der Waals surface area contributed by atoms with E-state index in [1.165, 1.54) is 19.2 Å². The van der Waals surface area contributed by atoms with Crippen molar-refractivity contribution in [2.75, 3.05) is 11.5 Å². The number of hydrogen-bond acceptors (Lipinski definition) is 5. The monoisotopic (exact) mass is 465 g/mol. The number of benzene rings is 2. The van der Waals surface area contributed by atoms with Crippen LogP contribution in [-0.2, 0) is 20.5 Å². The lowest BCUT2D eigenvalue weighted by Gasteiger charge is -2.21. The standard InChI is InChI=1S/C22H19ClF3N3O3/c1-3-32-21(31)20(30)29(18-9-7-16(8-10-18)22(24,25)26)14(2)28-12-11-19(27)15-5-4-6-17(23)13-15/h4-13H,2-3,27H2,1H3/b19-11-,28-12?. The van der Waals surface area contributed by atoms with E-state index in [1.807, 2.05) is 0 Å². The molecule has 168 valence electrons. The fraction of sp³-hybridized carbons (Fsp3) is 0.136. The minimum Gasteiger partial charge on any atom is -0.459 e. The molecular formula is C22H19ClF3N3O3. The normalized spacial score (nSPS) is 12.0. The van der Waals surface area contributed by atoms with Gasteiger partial charge in [-0.2, -0.15) is 13.2 Å². The summed E-state index contributed by atoms with van der Waals surface area (Å²) in [6, 6.07) is 10.3. The molecule has 2 aromatic rings. The van der Waals surface area contributed by atoms with Gasteiger partial charge in [0.25, 0.3) is 0 Å². The first-order valence-electron chi connectivity index (χ1n) is 9.17. The van der Waals surface area contributed by atoms with Crippen molar-refractivity contribution in [3.8, 4) is 0 Å². The first kappa shape index (κ1) is 24.7. The van der Waals surface area contributed by atoms with Gasteiger partial charge in [0.1, 0.15) is 5.82 Å². The van der Waals surface area contributed by atoms with E-state index in [9.17, 15) is 22.8 Å². The second-order valence-corrected chi connectivity index (χ2v) is 6.67. The molecule has 0 saturated carbocycles. The van der Waals surface area contributed by atoms with Crippen molar-refractivity contribution >= 4 is 41.1 Å². The van der Waals surface area contributed by atoms with Crippen LogP contribution < -0.4 is 10.6 Å². The number of amides is 1. The van der Waals surface area contributed by atoms with Crippen LogP contribution in [0.3, 0.4) is 0 Å². The summed E-state index contributed by atoms with van der Waals surface area (Å²) < 4.78 is 43.3. The zero-order valence-corrected chi connectivity index (χ0v) is 17.7. The Kier molecular flexibility index (Phi) is 8.20. The van der Waals surface area contributed by atoms with Crippen molar-refractivity contribution < 1.29 is 27.5 Å². The first-order valence-corrected chi connectivity index (χ1v) is 9.55. The van der Waals surface area contributed by atoms with Crippen molar-refractivity contribution in [3.63, 3.8) is 0 Å². The van der Waals surface area contributed by atoms with Gasteiger partial charge in [0.15, 0.2) is 0 Å². The van der Waals surface area contributed by atoms with Gasteiger partial charge in [-0.05, 0) is 55.0 Å². The Labute approximate surface area is 187 Å². The van der Waals surface area contributed by atoms with Crippen LogP contribution in [0.4, 0.5) is 18.9 Å². The average Bonchev–Trinajstić information content (AvgIpc) is 2.73. The lowest BCUT2D eigenvalue weighted by atomic mass is 10.1. The molecule has 1 amide bonds. The number of aliphatic imine (C=N–C) groups is 1. The maximum atomic E-state index is 12.9. The number of carbonyl (C=O) groups excluding carboxylic acids is 2. The van der Waals surface area contributed by atoms with E-state index in [4.69, 9.17) is 22.1 Å². The highest BCUT2D eigenvalue weighted by atomic mass is 35.5. The summed E-state index contributed by atoms with van der Waals surface area (Å²) in [6.45, 7) is 5.07. The summed E-state index contributed by atoms with van der Waals surface area (Å²) in [5, 5.41) is 0.480. The number of halogens is 4. The van der Waals surface area contributed by atoms with Crippen molar-refractivity contribution in [1.82, 2.24) is 0 Å². The van der Waals surface area contributed by atoms with Crippen molar-refractivity contribution in [2.45, 2.75) is 13.1 Å². The molecule has 0 atom stereocenters. The van der Waals surface area contributed by atoms with Gasteiger partial charge in [0.05, 0.1) is 17.9 Å². The summed E-state index contributed by atoms with van der Waals surface area (Å²) in [7, 11) is 0. The fourth-order valence-electron chi connectivity index (χ4n) is 2.49. The lowest BCUT2D eigenvalue weighted by molar-refractivity contribution is -0.153. The molecule has 0 aliphatic heterocycles. The van der Waals surface area contributed by atoms with Gasteiger partial charge < -0.3 is 10.5 Å². The van der Waals surface area contributed by atoms with Gasteiger partial charge in [-0.3, -0.25) is 9.69 Å². The number of hydrogen-bond donors (Lipinski definition) is 1. The molecule has 0 radical (unpaired) electrons. The van der Waals surface area contributed by atoms with Gasteiger partial charge in [-0.1, -0.05) is 30.3 Å². The summed E-state index contributed by atoms with van der Waals surface area (Å²) >= 11 is 5.92. The molecule has 0 fully saturated rings. The highest BCUT2D eigenvalue weighted by molar-refractivity contribution is 6.39. The number of nitrogens with two attached hydrogens (primary N) is 1. The molecule has 0 heterocycles. The van der Waals surface area contributed by atoms with E-state index in [0.717, 1.165) is 29.2 Å². The molecule has 0 unspecified atom stereocenters. The number of allylic oxidation sites excluding steroid dienone is 1. The van der Waals surface area contributed by atoms with E-state index in [0.29, 0.717) is 16.3 Å². The van der Waals surface area contributed by atoms with Gasteiger partial charge in [-0.15, -0.1) is 0 Å². The summed E-state index contributed by atoms with van der Waals surface area (Å²) in [6.07, 6.45) is -1.92. The van der Waals surface area contributed by atoms with Crippen LogP contribution in [0.1, 0.15) is 18.1 Å². The third kappa shape index (κ3) is 6.45. The highest BCUT2D eigenvalue weighted by Gasteiger charge is 2.31. The van der Waals surface area contributed by atoms with Gasteiger partial charge >= 0.3 is 18.1 Å². The Balaban J connectivity index is 2.33. The van der Waals surface area contributed by atoms with E-state index in [1.54, 1.807) is 24.3 Å². The molecule has 0 aliphatic rings. The summed E-state index contributed by atoms with van der Waals surface area (Å²) in [4.78, 5) is 29.2. The van der Waals surface area contributed by atoms with Crippen LogP contribution in [0.15, 0.2) is 72.0 Å². The zero-order chi connectivity index (χ0) is 23.9. The second-order valence-electron chi connectivity index (χ2n) is 6.23. The van der Waals surface area contributed by atoms with Crippen molar-refractivity contribution in [1.29, 1.82) is 0 Å². The Bertz CT molecular complexity index is 1060. The minimum atomic E-state index is -4.56. The quantitative estimate of drug-likeness (QED) is 0.377. The molecule has 2 aromatic carbocycles. The van der Waals surface area contributed by atoms with Crippen LogP contribution in [0.5, 0.6) is 0 Å². The van der Waals surface area contributed by atoms with Gasteiger partial charge in [-0.25, -0.2) is 9.79 Å². The lowest BCUT2D eigenvalue weighted by Crippen LogP contribution is -2.36. The minimum absolute atomic E-state index is 0.0509. The molecule has 2 rings (SSSR count). The third-order valence-electron chi connectivity index (χ3n) is 4.00. The topological polar surface area (TPSA) is 85.0 Å². The van der Waals surface area contributed by atoms with Crippen LogP contribution in [0, 0.1) is 0 Å². The smallest absolute Gasteiger partial charge is 0.416 e. The highest BCUT2D eigenvalue weighted by Crippen LogP contribution is 2.31. The third-order valence-corrected chi connectivity index (χ3v) is 4.23. The number of rotatable bonds is 6. The number of ether oxygens (including phenoxy) is 1. The predicted octanol–water partition coefficient (Wildman–Crippen LogP) is 4.80. The maximum absolute atomic E-state index is 12.9. The second kappa shape index (κ2) is 10.6. The number of carbonyl (C=O) groups is 2. The molecule has 0 saturated heterocycles. The fourth-order valence-corrected chi connectivity index (χ4v) is 2.68. The SMILES string of the molecule is C=C(N=C/C=C(\N)c1cccc(Cl)c1)N(C(=O)C(=O)OCC)c1ccc(C(F)(F)F)cc1. The summed E-state index contributed by atoms with van der Waals surface area (Å²) in [5.41, 5.74) is 5.92. The largest absolute Gasteiger partial charge is 0.459 e. The number of nitrogens with zero attached hydrogens (tertiary/aromatic N) is 2. The average molecular weight is 466 g/mol. The molecule has 0 aliphatic carbocycles. The Hall–Kier alpha value is -3.59. The number of anilines is 1. The molecule has 0 spiro atoms. The molecule has 6 nitrogen and oxygen atoms in total. The van der Waals surface area contributed by atoms with E-state index in [-0.39, 0.29) is 18.1 Å². The van der Waals surface area contributed by atoms with Crippen molar-refractivity contribution in [3.05, 3.63) is 83.2 Å². The van der Waals surface area contributed by atoms with Crippen LogP contribution in [0.2, 0.25) is 5.02 Å². The zero-order valence-electron chi connectivity index (χ0n) is 16.9. The van der Waals surface area contributed by atoms with Crippen LogP contribution in [-0.4, -0.2) is 24.7 Å².